The fourth-order valence-corrected chi connectivity index (χ4v) is 3.83. The predicted molar refractivity (Wildman–Crippen MR) is 80.0 cm³/mol. The van der Waals surface area contributed by atoms with Crippen LogP contribution in [-0.4, -0.2) is 33.3 Å². The number of carbonyl (C=O) groups excluding carboxylic acids is 1. The van der Waals surface area contributed by atoms with E-state index in [1.165, 1.54) is 11.8 Å². The molecular formula is C13H18N2O3S2. The Morgan fingerprint density at radius 2 is 2.20 bits per heavy atom. The highest BCUT2D eigenvalue weighted by molar-refractivity contribution is 7.99. The Morgan fingerprint density at radius 3 is 2.75 bits per heavy atom. The van der Waals surface area contributed by atoms with Crippen LogP contribution in [0, 0.1) is 6.92 Å². The molecule has 1 aliphatic carbocycles. The molecule has 0 saturated heterocycles. The zero-order chi connectivity index (χ0) is 14.6. The van der Waals surface area contributed by atoms with Crippen molar-refractivity contribution in [3.05, 3.63) is 16.1 Å². The number of hydrogen-bond donors (Lipinski definition) is 2. The maximum Gasteiger partial charge on any atom is 0.329 e. The van der Waals surface area contributed by atoms with Gasteiger partial charge >= 0.3 is 5.97 Å². The zero-order valence-corrected chi connectivity index (χ0v) is 13.0. The minimum absolute atomic E-state index is 0.203. The molecule has 1 fully saturated rings. The van der Waals surface area contributed by atoms with Gasteiger partial charge in [0.15, 0.2) is 0 Å². The van der Waals surface area contributed by atoms with Gasteiger partial charge in [0.05, 0.1) is 16.5 Å². The van der Waals surface area contributed by atoms with Gasteiger partial charge in [0.25, 0.3) is 0 Å². The first-order chi connectivity index (χ1) is 9.52. The number of carbonyl (C=O) groups is 2. The Labute approximate surface area is 126 Å². The summed E-state index contributed by atoms with van der Waals surface area (Å²) >= 11 is 3.05. The molecule has 0 bridgehead atoms. The summed E-state index contributed by atoms with van der Waals surface area (Å²) in [6.07, 6.45) is 2.78. The van der Waals surface area contributed by atoms with Crippen molar-refractivity contribution in [2.24, 2.45) is 0 Å². The van der Waals surface area contributed by atoms with Gasteiger partial charge in [-0.15, -0.1) is 23.1 Å². The van der Waals surface area contributed by atoms with Crippen LogP contribution in [0.5, 0.6) is 0 Å². The maximum absolute atomic E-state index is 11.9. The number of rotatable bonds is 6. The molecule has 0 radical (unpaired) electrons. The second kappa shape index (κ2) is 6.58. The van der Waals surface area contributed by atoms with Gasteiger partial charge in [-0.05, 0) is 19.8 Å². The second-order valence-corrected chi connectivity index (χ2v) is 7.04. The SMILES string of the molecule is Cc1nc(CSCC(=O)NC2(C(=O)O)CCCC2)cs1. The molecular weight excluding hydrogens is 296 g/mol. The van der Waals surface area contributed by atoms with E-state index in [0.29, 0.717) is 18.6 Å². The summed E-state index contributed by atoms with van der Waals surface area (Å²) in [5.41, 5.74) is -0.0615. The third kappa shape index (κ3) is 3.73. The van der Waals surface area contributed by atoms with Crippen molar-refractivity contribution in [1.29, 1.82) is 0 Å². The van der Waals surface area contributed by atoms with Crippen molar-refractivity contribution in [3.63, 3.8) is 0 Å². The van der Waals surface area contributed by atoms with E-state index in [1.54, 1.807) is 11.3 Å². The number of nitrogens with zero attached hydrogens (tertiary/aromatic N) is 1. The van der Waals surface area contributed by atoms with Gasteiger partial charge in [0.2, 0.25) is 5.91 Å². The number of aromatic nitrogens is 1. The normalized spacial score (nSPS) is 17.1. The van der Waals surface area contributed by atoms with Crippen molar-refractivity contribution in [2.45, 2.75) is 43.9 Å². The molecule has 0 unspecified atom stereocenters. The average Bonchev–Trinajstić information content (AvgIpc) is 2.99. The standard InChI is InChI=1S/C13H18N2O3S2/c1-9-14-10(7-20-9)6-19-8-11(16)15-13(12(17)18)4-2-3-5-13/h7H,2-6,8H2,1H3,(H,15,16)(H,17,18). The molecule has 1 aliphatic rings. The largest absolute Gasteiger partial charge is 0.480 e. The zero-order valence-electron chi connectivity index (χ0n) is 11.3. The van der Waals surface area contributed by atoms with Crippen LogP contribution in [-0.2, 0) is 15.3 Å². The minimum atomic E-state index is -1.03. The number of thioether (sulfide) groups is 1. The molecule has 2 N–H and O–H groups in total. The molecule has 1 saturated carbocycles. The van der Waals surface area contributed by atoms with Gasteiger partial charge in [0, 0.05) is 11.1 Å². The van der Waals surface area contributed by atoms with Crippen LogP contribution < -0.4 is 5.32 Å². The number of amides is 1. The van der Waals surface area contributed by atoms with Crippen molar-refractivity contribution < 1.29 is 14.7 Å². The van der Waals surface area contributed by atoms with Gasteiger partial charge < -0.3 is 10.4 Å². The molecule has 0 spiro atoms. The fraction of sp³-hybridized carbons (Fsp3) is 0.615. The molecule has 0 atom stereocenters. The average molecular weight is 314 g/mol. The first-order valence-corrected chi connectivity index (χ1v) is 8.58. The molecule has 2 rings (SSSR count). The number of hydrogen-bond acceptors (Lipinski definition) is 5. The lowest BCUT2D eigenvalue weighted by atomic mass is 9.98. The van der Waals surface area contributed by atoms with Crippen LogP contribution >= 0.6 is 23.1 Å². The molecule has 1 aromatic rings. The van der Waals surface area contributed by atoms with E-state index >= 15 is 0 Å². The fourth-order valence-electron chi connectivity index (χ4n) is 2.40. The summed E-state index contributed by atoms with van der Waals surface area (Å²) in [6, 6.07) is 0. The van der Waals surface area contributed by atoms with Gasteiger partial charge in [-0.3, -0.25) is 4.79 Å². The molecule has 1 amide bonds. The van der Waals surface area contributed by atoms with Crippen LogP contribution in [0.15, 0.2) is 5.38 Å². The highest BCUT2D eigenvalue weighted by Gasteiger charge is 2.42. The van der Waals surface area contributed by atoms with E-state index in [2.05, 4.69) is 10.3 Å². The molecule has 0 aliphatic heterocycles. The lowest BCUT2D eigenvalue weighted by Crippen LogP contribution is -2.53. The van der Waals surface area contributed by atoms with Gasteiger partial charge in [0.1, 0.15) is 5.54 Å². The van der Waals surface area contributed by atoms with Crippen molar-refractivity contribution in [2.75, 3.05) is 5.75 Å². The first-order valence-electron chi connectivity index (χ1n) is 6.55. The van der Waals surface area contributed by atoms with Crippen molar-refractivity contribution in [3.8, 4) is 0 Å². The minimum Gasteiger partial charge on any atom is -0.480 e. The van der Waals surface area contributed by atoms with E-state index < -0.39 is 11.5 Å². The highest BCUT2D eigenvalue weighted by atomic mass is 32.2. The molecule has 1 heterocycles. The lowest BCUT2D eigenvalue weighted by molar-refractivity contribution is -0.147. The van der Waals surface area contributed by atoms with E-state index in [9.17, 15) is 14.7 Å². The Hall–Kier alpha value is -1.08. The summed E-state index contributed by atoms with van der Waals surface area (Å²) in [5.74, 6) is -0.168. The quantitative estimate of drug-likeness (QED) is 0.841. The summed E-state index contributed by atoms with van der Waals surface area (Å²) in [7, 11) is 0. The number of thiazole rings is 1. The van der Waals surface area contributed by atoms with Crippen molar-refractivity contribution in [1.82, 2.24) is 10.3 Å². The van der Waals surface area contributed by atoms with Crippen molar-refractivity contribution >= 4 is 35.0 Å². The lowest BCUT2D eigenvalue weighted by Gasteiger charge is -2.25. The third-order valence-corrected chi connectivity index (χ3v) is 5.18. The van der Waals surface area contributed by atoms with Crippen LogP contribution in [0.3, 0.4) is 0 Å². The molecule has 1 aromatic heterocycles. The molecule has 20 heavy (non-hydrogen) atoms. The monoisotopic (exact) mass is 314 g/mol. The summed E-state index contributed by atoms with van der Waals surface area (Å²) in [4.78, 5) is 27.5. The van der Waals surface area contributed by atoms with E-state index in [0.717, 1.165) is 23.5 Å². The predicted octanol–water partition coefficient (Wildman–Crippen LogP) is 2.20. The summed E-state index contributed by atoms with van der Waals surface area (Å²) < 4.78 is 0. The van der Waals surface area contributed by atoms with Crippen LogP contribution in [0.1, 0.15) is 36.4 Å². The van der Waals surface area contributed by atoms with Gasteiger partial charge in [-0.1, -0.05) is 12.8 Å². The Kier molecular flexibility index (Phi) is 5.04. The number of aliphatic carboxylic acids is 1. The number of carboxylic acid groups (broad SMARTS) is 1. The van der Waals surface area contributed by atoms with E-state index in [1.807, 2.05) is 12.3 Å². The smallest absolute Gasteiger partial charge is 0.329 e. The maximum atomic E-state index is 11.9. The number of nitrogens with one attached hydrogen (secondary N) is 1. The Bertz CT molecular complexity index is 496. The van der Waals surface area contributed by atoms with Gasteiger partial charge in [-0.2, -0.15) is 0 Å². The Morgan fingerprint density at radius 1 is 1.50 bits per heavy atom. The topological polar surface area (TPSA) is 79.3 Å². The Balaban J connectivity index is 1.78. The molecule has 5 nitrogen and oxygen atoms in total. The van der Waals surface area contributed by atoms with Gasteiger partial charge in [-0.25, -0.2) is 9.78 Å². The molecule has 110 valence electrons. The van der Waals surface area contributed by atoms with Crippen LogP contribution in [0.25, 0.3) is 0 Å². The first kappa shape index (κ1) is 15.3. The number of aryl methyl sites for hydroxylation is 1. The van der Waals surface area contributed by atoms with Crippen LogP contribution in [0.4, 0.5) is 0 Å². The summed E-state index contributed by atoms with van der Waals surface area (Å²) in [6.45, 7) is 1.95. The second-order valence-electron chi connectivity index (χ2n) is 4.99. The molecule has 0 aromatic carbocycles. The third-order valence-electron chi connectivity index (χ3n) is 3.39. The van der Waals surface area contributed by atoms with E-state index in [-0.39, 0.29) is 11.7 Å². The van der Waals surface area contributed by atoms with E-state index in [4.69, 9.17) is 0 Å². The summed E-state index contributed by atoms with van der Waals surface area (Å²) in [5, 5.41) is 15.0. The molecule has 7 heteroatoms. The number of carboxylic acids is 1. The highest BCUT2D eigenvalue weighted by Crippen LogP contribution is 2.30. The van der Waals surface area contributed by atoms with Crippen LogP contribution in [0.2, 0.25) is 0 Å².